The summed E-state index contributed by atoms with van der Waals surface area (Å²) in [6.07, 6.45) is 2.57. The molecular formula is C18H30N2. The molecule has 1 aromatic carbocycles. The lowest BCUT2D eigenvalue weighted by molar-refractivity contribution is 0.145. The molecule has 1 saturated heterocycles. The molecule has 1 aliphatic heterocycles. The first-order valence-corrected chi connectivity index (χ1v) is 8.21. The van der Waals surface area contributed by atoms with Crippen molar-refractivity contribution in [3.63, 3.8) is 0 Å². The molecule has 112 valence electrons. The number of rotatable bonds is 6. The zero-order chi connectivity index (χ0) is 14.4. The molecule has 1 aromatic rings. The Labute approximate surface area is 124 Å². The van der Waals surface area contributed by atoms with Gasteiger partial charge in [0.25, 0.3) is 0 Å². The molecule has 1 N–H and O–H groups in total. The van der Waals surface area contributed by atoms with Crippen LogP contribution in [0.15, 0.2) is 30.3 Å². The molecule has 2 rings (SSSR count). The summed E-state index contributed by atoms with van der Waals surface area (Å²) >= 11 is 0. The highest BCUT2D eigenvalue weighted by molar-refractivity contribution is 5.18. The second kappa shape index (κ2) is 7.80. The number of hydrogen-bond donors (Lipinski definition) is 1. The second-order valence-corrected chi connectivity index (χ2v) is 6.33. The highest BCUT2D eigenvalue weighted by Gasteiger charge is 2.25. The minimum atomic E-state index is 0.665. The van der Waals surface area contributed by atoms with Gasteiger partial charge in [0.1, 0.15) is 0 Å². The van der Waals surface area contributed by atoms with Crippen molar-refractivity contribution >= 4 is 0 Å². The van der Waals surface area contributed by atoms with Crippen molar-refractivity contribution in [2.45, 2.75) is 45.6 Å². The molecule has 0 aromatic heterocycles. The van der Waals surface area contributed by atoms with Crippen LogP contribution in [0.25, 0.3) is 0 Å². The van der Waals surface area contributed by atoms with Gasteiger partial charge in [0.15, 0.2) is 0 Å². The summed E-state index contributed by atoms with van der Waals surface area (Å²) in [7, 11) is 0. The van der Waals surface area contributed by atoms with Gasteiger partial charge in [0, 0.05) is 12.6 Å². The Hall–Kier alpha value is -0.860. The number of piperidine rings is 1. The predicted molar refractivity (Wildman–Crippen MR) is 87.2 cm³/mol. The molecule has 0 bridgehead atoms. The van der Waals surface area contributed by atoms with Gasteiger partial charge in [-0.1, -0.05) is 51.1 Å². The fourth-order valence-corrected chi connectivity index (χ4v) is 3.32. The van der Waals surface area contributed by atoms with E-state index in [4.69, 9.17) is 0 Å². The van der Waals surface area contributed by atoms with Gasteiger partial charge in [-0.15, -0.1) is 0 Å². The molecule has 3 atom stereocenters. The van der Waals surface area contributed by atoms with Crippen LogP contribution in [0.2, 0.25) is 0 Å². The highest BCUT2D eigenvalue weighted by Crippen LogP contribution is 2.21. The summed E-state index contributed by atoms with van der Waals surface area (Å²) in [4.78, 5) is 2.65. The van der Waals surface area contributed by atoms with Gasteiger partial charge in [-0.05, 0) is 49.9 Å². The van der Waals surface area contributed by atoms with Gasteiger partial charge >= 0.3 is 0 Å². The summed E-state index contributed by atoms with van der Waals surface area (Å²) in [6, 6.07) is 11.6. The van der Waals surface area contributed by atoms with Crippen LogP contribution in [-0.4, -0.2) is 37.1 Å². The van der Waals surface area contributed by atoms with Crippen LogP contribution in [0.1, 0.15) is 45.1 Å². The van der Waals surface area contributed by atoms with E-state index in [1.807, 2.05) is 0 Å². The Balaban J connectivity index is 1.75. The summed E-state index contributed by atoms with van der Waals surface area (Å²) < 4.78 is 0. The molecule has 0 radical (unpaired) electrons. The van der Waals surface area contributed by atoms with Gasteiger partial charge < -0.3 is 10.2 Å². The largest absolute Gasteiger partial charge is 0.314 e. The molecule has 0 spiro atoms. The lowest BCUT2D eigenvalue weighted by atomic mass is 9.92. The quantitative estimate of drug-likeness (QED) is 0.854. The zero-order valence-corrected chi connectivity index (χ0v) is 13.3. The number of hydrogen-bond acceptors (Lipinski definition) is 2. The van der Waals surface area contributed by atoms with Crippen molar-refractivity contribution in [3.05, 3.63) is 35.9 Å². The first-order valence-electron chi connectivity index (χ1n) is 8.21. The van der Waals surface area contributed by atoms with Crippen LogP contribution in [0.4, 0.5) is 0 Å². The van der Waals surface area contributed by atoms with E-state index < -0.39 is 0 Å². The third-order valence-electron chi connectivity index (χ3n) is 4.70. The normalized spacial score (nSPS) is 25.6. The summed E-state index contributed by atoms with van der Waals surface area (Å²) in [5.41, 5.74) is 1.48. The molecular weight excluding hydrogens is 244 g/mol. The Morgan fingerprint density at radius 1 is 1.30 bits per heavy atom. The van der Waals surface area contributed by atoms with Crippen molar-refractivity contribution in [1.82, 2.24) is 10.2 Å². The molecule has 20 heavy (non-hydrogen) atoms. The fraction of sp³-hybridized carbons (Fsp3) is 0.667. The van der Waals surface area contributed by atoms with Crippen LogP contribution >= 0.6 is 0 Å². The lowest BCUT2D eigenvalue weighted by Crippen LogP contribution is -2.48. The maximum absolute atomic E-state index is 3.62. The number of benzene rings is 1. The van der Waals surface area contributed by atoms with E-state index in [1.54, 1.807) is 0 Å². The lowest BCUT2D eigenvalue weighted by Gasteiger charge is -2.37. The number of nitrogens with one attached hydrogen (secondary N) is 1. The molecule has 3 unspecified atom stereocenters. The summed E-state index contributed by atoms with van der Waals surface area (Å²) in [5, 5.41) is 3.62. The van der Waals surface area contributed by atoms with Gasteiger partial charge in [-0.25, -0.2) is 0 Å². The van der Waals surface area contributed by atoms with Gasteiger partial charge in [-0.2, -0.15) is 0 Å². The SMILES string of the molecule is CCNC1CCN(CCC(C)c2ccccc2)CC1C. The predicted octanol–water partition coefficient (Wildman–Crippen LogP) is 3.50. The van der Waals surface area contributed by atoms with Crippen molar-refractivity contribution in [3.8, 4) is 0 Å². The Bertz CT molecular complexity index is 376. The average molecular weight is 274 g/mol. The summed E-state index contributed by atoms with van der Waals surface area (Å²) in [5.74, 6) is 1.44. The van der Waals surface area contributed by atoms with Crippen molar-refractivity contribution < 1.29 is 0 Å². The van der Waals surface area contributed by atoms with Gasteiger partial charge in [-0.3, -0.25) is 0 Å². The second-order valence-electron chi connectivity index (χ2n) is 6.33. The van der Waals surface area contributed by atoms with Gasteiger partial charge in [0.05, 0.1) is 0 Å². The van der Waals surface area contributed by atoms with E-state index in [1.165, 1.54) is 38.0 Å². The van der Waals surface area contributed by atoms with Crippen LogP contribution in [0, 0.1) is 5.92 Å². The minimum absolute atomic E-state index is 0.665. The highest BCUT2D eigenvalue weighted by atomic mass is 15.1. The van der Waals surface area contributed by atoms with E-state index >= 15 is 0 Å². The van der Waals surface area contributed by atoms with E-state index in [2.05, 4.69) is 61.3 Å². The van der Waals surface area contributed by atoms with Crippen molar-refractivity contribution in [2.75, 3.05) is 26.2 Å². The maximum atomic E-state index is 3.62. The Kier molecular flexibility index (Phi) is 6.06. The molecule has 1 heterocycles. The van der Waals surface area contributed by atoms with E-state index in [0.717, 1.165) is 18.5 Å². The minimum Gasteiger partial charge on any atom is -0.314 e. The molecule has 1 aliphatic rings. The molecule has 0 amide bonds. The van der Waals surface area contributed by atoms with E-state index in [-0.39, 0.29) is 0 Å². The first kappa shape index (κ1) is 15.5. The van der Waals surface area contributed by atoms with Crippen LogP contribution in [-0.2, 0) is 0 Å². The number of nitrogens with zero attached hydrogens (tertiary/aromatic N) is 1. The summed E-state index contributed by atoms with van der Waals surface area (Å²) in [6.45, 7) is 11.8. The van der Waals surface area contributed by atoms with Crippen LogP contribution < -0.4 is 5.32 Å². The molecule has 2 nitrogen and oxygen atoms in total. The van der Waals surface area contributed by atoms with Crippen molar-refractivity contribution in [1.29, 1.82) is 0 Å². The molecule has 0 aliphatic carbocycles. The number of likely N-dealkylation sites (tertiary alicyclic amines) is 1. The van der Waals surface area contributed by atoms with Crippen LogP contribution in [0.3, 0.4) is 0 Å². The van der Waals surface area contributed by atoms with E-state index in [9.17, 15) is 0 Å². The first-order chi connectivity index (χ1) is 9.70. The monoisotopic (exact) mass is 274 g/mol. The smallest absolute Gasteiger partial charge is 0.0117 e. The molecule has 2 heteroatoms. The van der Waals surface area contributed by atoms with E-state index in [0.29, 0.717) is 5.92 Å². The molecule has 1 fully saturated rings. The standard InChI is InChI=1S/C18H30N2/c1-4-19-18-11-13-20(14-16(18)3)12-10-15(2)17-8-6-5-7-9-17/h5-9,15-16,18-19H,4,10-14H2,1-3H3. The third-order valence-corrected chi connectivity index (χ3v) is 4.70. The zero-order valence-electron chi connectivity index (χ0n) is 13.3. The topological polar surface area (TPSA) is 15.3 Å². The Morgan fingerprint density at radius 3 is 2.70 bits per heavy atom. The maximum Gasteiger partial charge on any atom is 0.0117 e. The van der Waals surface area contributed by atoms with Crippen LogP contribution in [0.5, 0.6) is 0 Å². The van der Waals surface area contributed by atoms with Gasteiger partial charge in [0.2, 0.25) is 0 Å². The molecule has 0 saturated carbocycles. The average Bonchev–Trinajstić information content (AvgIpc) is 2.48. The fourth-order valence-electron chi connectivity index (χ4n) is 3.32. The van der Waals surface area contributed by atoms with Crippen molar-refractivity contribution in [2.24, 2.45) is 5.92 Å². The third kappa shape index (κ3) is 4.32. The Morgan fingerprint density at radius 2 is 2.05 bits per heavy atom.